The highest BCUT2D eigenvalue weighted by atomic mass is 79.9. The van der Waals surface area contributed by atoms with Gasteiger partial charge >= 0.3 is 0 Å². The molecule has 0 heterocycles. The van der Waals surface area contributed by atoms with Gasteiger partial charge in [-0.1, -0.05) is 6.42 Å². The Morgan fingerprint density at radius 2 is 2.25 bits per heavy atom. The molecule has 2 nitrogen and oxygen atoms in total. The van der Waals surface area contributed by atoms with Crippen LogP contribution in [0, 0.1) is 24.2 Å². The van der Waals surface area contributed by atoms with Crippen molar-refractivity contribution in [2.24, 2.45) is 5.92 Å². The fourth-order valence-corrected chi connectivity index (χ4v) is 2.51. The number of nitrogens with zero attached hydrogens (tertiary/aromatic N) is 1. The van der Waals surface area contributed by atoms with Crippen LogP contribution in [0.25, 0.3) is 0 Å². The predicted octanol–water partition coefficient (Wildman–Crippen LogP) is 3.81. The van der Waals surface area contributed by atoms with Crippen LogP contribution >= 0.6 is 15.9 Å². The third-order valence-corrected chi connectivity index (χ3v) is 3.59. The van der Waals surface area contributed by atoms with E-state index in [1.165, 1.54) is 19.3 Å². The molecule has 84 valence electrons. The van der Waals surface area contributed by atoms with Gasteiger partial charge in [0.1, 0.15) is 6.07 Å². The number of ether oxygens (including phenoxy) is 1. The maximum atomic E-state index is 9.05. The first-order chi connectivity index (χ1) is 7.70. The fourth-order valence-electron chi connectivity index (χ4n) is 1.82. The third kappa shape index (κ3) is 2.38. The second kappa shape index (κ2) is 4.88. The Bertz CT molecular complexity index is 432. The number of halogens is 1. The Labute approximate surface area is 104 Å². The molecule has 0 radical (unpaired) electrons. The standard InChI is InChI=1S/C13H14BrNO/c1-9-5-11(7-15)13(12(14)6-9)16-8-10-3-2-4-10/h5-6,10H,2-4,8H2,1H3. The smallest absolute Gasteiger partial charge is 0.151 e. The topological polar surface area (TPSA) is 33.0 Å². The average molecular weight is 280 g/mol. The number of hydrogen-bond acceptors (Lipinski definition) is 2. The predicted molar refractivity (Wildman–Crippen MR) is 66.4 cm³/mol. The number of rotatable bonds is 3. The molecule has 1 aromatic rings. The molecule has 1 fully saturated rings. The van der Waals surface area contributed by atoms with Crippen molar-refractivity contribution >= 4 is 15.9 Å². The molecular weight excluding hydrogens is 266 g/mol. The van der Waals surface area contributed by atoms with E-state index in [0.29, 0.717) is 17.2 Å². The summed E-state index contributed by atoms with van der Waals surface area (Å²) in [4.78, 5) is 0. The van der Waals surface area contributed by atoms with E-state index in [-0.39, 0.29) is 0 Å². The van der Waals surface area contributed by atoms with Crippen molar-refractivity contribution in [3.63, 3.8) is 0 Å². The van der Waals surface area contributed by atoms with E-state index in [0.717, 1.165) is 16.6 Å². The van der Waals surface area contributed by atoms with E-state index in [2.05, 4.69) is 22.0 Å². The molecule has 1 aliphatic carbocycles. The summed E-state index contributed by atoms with van der Waals surface area (Å²) in [7, 11) is 0. The quantitative estimate of drug-likeness (QED) is 0.843. The van der Waals surface area contributed by atoms with Crippen LogP contribution in [-0.4, -0.2) is 6.61 Å². The summed E-state index contributed by atoms with van der Waals surface area (Å²) < 4.78 is 6.63. The molecule has 1 aliphatic rings. The highest BCUT2D eigenvalue weighted by Gasteiger charge is 2.19. The Kier molecular flexibility index (Phi) is 3.50. The zero-order chi connectivity index (χ0) is 11.5. The van der Waals surface area contributed by atoms with E-state index in [1.54, 1.807) is 0 Å². The van der Waals surface area contributed by atoms with Crippen LogP contribution in [0.3, 0.4) is 0 Å². The summed E-state index contributed by atoms with van der Waals surface area (Å²) >= 11 is 3.45. The zero-order valence-corrected chi connectivity index (χ0v) is 10.9. The van der Waals surface area contributed by atoms with Gasteiger partial charge in [-0.05, 0) is 59.3 Å². The Balaban J connectivity index is 2.15. The summed E-state index contributed by atoms with van der Waals surface area (Å²) in [6.45, 7) is 2.71. The normalized spacial score (nSPS) is 15.3. The molecule has 0 atom stereocenters. The molecule has 0 bridgehead atoms. The van der Waals surface area contributed by atoms with Gasteiger partial charge in [0, 0.05) is 0 Å². The number of nitriles is 1. The number of hydrogen-bond donors (Lipinski definition) is 0. The molecule has 0 N–H and O–H groups in total. The first-order valence-corrected chi connectivity index (χ1v) is 6.33. The molecular formula is C13H14BrNO. The lowest BCUT2D eigenvalue weighted by Crippen LogP contribution is -2.19. The van der Waals surface area contributed by atoms with Crippen molar-refractivity contribution < 1.29 is 4.74 Å². The van der Waals surface area contributed by atoms with E-state index < -0.39 is 0 Å². The van der Waals surface area contributed by atoms with Gasteiger partial charge in [0.2, 0.25) is 0 Å². The SMILES string of the molecule is Cc1cc(Br)c(OCC2CCC2)c(C#N)c1. The minimum absolute atomic E-state index is 0.617. The van der Waals surface area contributed by atoms with Gasteiger partial charge in [-0.2, -0.15) is 5.26 Å². The van der Waals surface area contributed by atoms with Crippen LogP contribution in [0.1, 0.15) is 30.4 Å². The van der Waals surface area contributed by atoms with Gasteiger partial charge in [0.05, 0.1) is 16.6 Å². The highest BCUT2D eigenvalue weighted by molar-refractivity contribution is 9.10. The maximum Gasteiger partial charge on any atom is 0.151 e. The molecule has 0 aromatic heterocycles. The van der Waals surface area contributed by atoms with Crippen molar-refractivity contribution in [3.8, 4) is 11.8 Å². The molecule has 0 amide bonds. The molecule has 0 aliphatic heterocycles. The van der Waals surface area contributed by atoms with Gasteiger partial charge in [0.15, 0.2) is 5.75 Å². The van der Waals surface area contributed by atoms with Crippen LogP contribution in [0.5, 0.6) is 5.75 Å². The van der Waals surface area contributed by atoms with Gasteiger partial charge < -0.3 is 4.74 Å². The number of aryl methyl sites for hydroxylation is 1. The second-order valence-corrected chi connectivity index (χ2v) is 5.20. The lowest BCUT2D eigenvalue weighted by Gasteiger charge is -2.25. The van der Waals surface area contributed by atoms with Crippen LogP contribution in [0.4, 0.5) is 0 Å². The summed E-state index contributed by atoms with van der Waals surface area (Å²) in [6, 6.07) is 6.03. The minimum Gasteiger partial charge on any atom is -0.491 e. The van der Waals surface area contributed by atoms with Crippen LogP contribution in [-0.2, 0) is 0 Å². The Hall–Kier alpha value is -1.01. The molecule has 3 heteroatoms. The average Bonchev–Trinajstić information content (AvgIpc) is 2.17. The molecule has 0 spiro atoms. The lowest BCUT2D eigenvalue weighted by molar-refractivity contribution is 0.179. The monoisotopic (exact) mass is 279 g/mol. The van der Waals surface area contributed by atoms with Crippen molar-refractivity contribution in [3.05, 3.63) is 27.7 Å². The van der Waals surface area contributed by atoms with E-state index in [1.807, 2.05) is 19.1 Å². The van der Waals surface area contributed by atoms with Gasteiger partial charge in [-0.25, -0.2) is 0 Å². The first kappa shape index (κ1) is 11.5. The van der Waals surface area contributed by atoms with Gasteiger partial charge in [0.25, 0.3) is 0 Å². The highest BCUT2D eigenvalue weighted by Crippen LogP contribution is 2.33. The zero-order valence-electron chi connectivity index (χ0n) is 9.29. The Morgan fingerprint density at radius 1 is 1.50 bits per heavy atom. The maximum absolute atomic E-state index is 9.05. The Morgan fingerprint density at radius 3 is 2.81 bits per heavy atom. The van der Waals surface area contributed by atoms with Crippen LogP contribution in [0.15, 0.2) is 16.6 Å². The molecule has 2 rings (SSSR count). The van der Waals surface area contributed by atoms with Crippen molar-refractivity contribution in [2.45, 2.75) is 26.2 Å². The third-order valence-electron chi connectivity index (χ3n) is 3.00. The van der Waals surface area contributed by atoms with Crippen molar-refractivity contribution in [2.75, 3.05) is 6.61 Å². The minimum atomic E-state index is 0.617. The van der Waals surface area contributed by atoms with Crippen molar-refractivity contribution in [1.82, 2.24) is 0 Å². The largest absolute Gasteiger partial charge is 0.491 e. The summed E-state index contributed by atoms with van der Waals surface area (Å²) in [6.07, 6.45) is 3.82. The van der Waals surface area contributed by atoms with Crippen molar-refractivity contribution in [1.29, 1.82) is 5.26 Å². The van der Waals surface area contributed by atoms with Gasteiger partial charge in [-0.15, -0.1) is 0 Å². The molecule has 0 unspecified atom stereocenters. The first-order valence-electron chi connectivity index (χ1n) is 5.53. The molecule has 0 saturated heterocycles. The second-order valence-electron chi connectivity index (χ2n) is 4.34. The lowest BCUT2D eigenvalue weighted by atomic mass is 9.86. The van der Waals surface area contributed by atoms with Crippen LogP contribution < -0.4 is 4.74 Å². The summed E-state index contributed by atoms with van der Waals surface area (Å²) in [5.41, 5.74) is 1.69. The van der Waals surface area contributed by atoms with Crippen LogP contribution in [0.2, 0.25) is 0 Å². The fraction of sp³-hybridized carbons (Fsp3) is 0.462. The summed E-state index contributed by atoms with van der Waals surface area (Å²) in [5, 5.41) is 9.05. The molecule has 16 heavy (non-hydrogen) atoms. The molecule has 1 aromatic carbocycles. The summed E-state index contributed by atoms with van der Waals surface area (Å²) in [5.74, 6) is 1.37. The van der Waals surface area contributed by atoms with E-state index in [9.17, 15) is 0 Å². The van der Waals surface area contributed by atoms with Gasteiger partial charge in [-0.3, -0.25) is 0 Å². The van der Waals surface area contributed by atoms with E-state index >= 15 is 0 Å². The number of benzene rings is 1. The van der Waals surface area contributed by atoms with E-state index in [4.69, 9.17) is 10.00 Å². The molecule has 1 saturated carbocycles.